The van der Waals surface area contributed by atoms with Gasteiger partial charge in [0.25, 0.3) is 0 Å². The molecule has 0 aliphatic heterocycles. The number of halogens is 5. The van der Waals surface area contributed by atoms with E-state index in [0.29, 0.717) is 16.3 Å². The lowest BCUT2D eigenvalue weighted by molar-refractivity contribution is -0.141. The van der Waals surface area contributed by atoms with Crippen molar-refractivity contribution in [1.82, 2.24) is 19.7 Å². The Morgan fingerprint density at radius 2 is 1.86 bits per heavy atom. The highest BCUT2D eigenvalue weighted by Gasteiger charge is 2.33. The SMILES string of the molecule is Cc1nn(C)c(F)c1C=NNc1nc(-c2ccc(Cl)cc2)cc(C(F)(F)F)n1. The van der Waals surface area contributed by atoms with Crippen LogP contribution in [0.2, 0.25) is 5.02 Å². The summed E-state index contributed by atoms with van der Waals surface area (Å²) in [5.74, 6) is -1.02. The summed E-state index contributed by atoms with van der Waals surface area (Å²) in [4.78, 5) is 7.46. The van der Waals surface area contributed by atoms with Gasteiger partial charge in [-0.2, -0.15) is 27.8 Å². The molecule has 11 heteroatoms. The second kappa shape index (κ2) is 7.55. The molecule has 0 saturated carbocycles. The molecule has 2 aromatic heterocycles. The Morgan fingerprint density at radius 1 is 1.18 bits per heavy atom. The molecular weight excluding hydrogens is 400 g/mol. The number of hydrazone groups is 1. The lowest BCUT2D eigenvalue weighted by atomic mass is 10.1. The zero-order chi connectivity index (χ0) is 20.5. The summed E-state index contributed by atoms with van der Waals surface area (Å²) < 4.78 is 54.5. The minimum atomic E-state index is -4.68. The molecule has 0 spiro atoms. The first-order chi connectivity index (χ1) is 13.1. The third kappa shape index (κ3) is 4.28. The zero-order valence-corrected chi connectivity index (χ0v) is 15.3. The van der Waals surface area contributed by atoms with Gasteiger partial charge in [0.2, 0.25) is 11.9 Å². The largest absolute Gasteiger partial charge is 0.433 e. The Morgan fingerprint density at radius 3 is 2.43 bits per heavy atom. The van der Waals surface area contributed by atoms with Gasteiger partial charge < -0.3 is 0 Å². The first-order valence-electron chi connectivity index (χ1n) is 7.85. The molecular formula is C17H13ClF4N6. The number of aryl methyl sites for hydroxylation is 2. The van der Waals surface area contributed by atoms with Gasteiger partial charge in [-0.05, 0) is 25.1 Å². The van der Waals surface area contributed by atoms with Crippen LogP contribution < -0.4 is 5.43 Å². The highest BCUT2D eigenvalue weighted by atomic mass is 35.5. The van der Waals surface area contributed by atoms with Gasteiger partial charge in [0.05, 0.1) is 23.2 Å². The van der Waals surface area contributed by atoms with Gasteiger partial charge in [0.15, 0.2) is 5.69 Å². The molecule has 0 saturated heterocycles. The maximum atomic E-state index is 13.9. The van der Waals surface area contributed by atoms with Crippen LogP contribution in [-0.2, 0) is 13.2 Å². The molecule has 0 bridgehead atoms. The van der Waals surface area contributed by atoms with E-state index in [2.05, 4.69) is 25.6 Å². The van der Waals surface area contributed by atoms with Crippen LogP contribution in [0.25, 0.3) is 11.3 Å². The Labute approximate surface area is 161 Å². The number of alkyl halides is 3. The van der Waals surface area contributed by atoms with Crippen molar-refractivity contribution in [2.24, 2.45) is 12.1 Å². The van der Waals surface area contributed by atoms with Crippen LogP contribution in [0.1, 0.15) is 17.0 Å². The van der Waals surface area contributed by atoms with Crippen LogP contribution in [0.3, 0.4) is 0 Å². The average Bonchev–Trinajstić information content (AvgIpc) is 2.87. The summed E-state index contributed by atoms with van der Waals surface area (Å²) in [7, 11) is 1.42. The number of rotatable bonds is 4. The predicted molar refractivity (Wildman–Crippen MR) is 96.6 cm³/mol. The van der Waals surface area contributed by atoms with Crippen molar-refractivity contribution < 1.29 is 17.6 Å². The highest BCUT2D eigenvalue weighted by Crippen LogP contribution is 2.31. The topological polar surface area (TPSA) is 68.0 Å². The Balaban J connectivity index is 1.94. The second-order valence-corrected chi connectivity index (χ2v) is 6.19. The standard InChI is InChI=1S/C17H13ClF4N6/c1-9-12(15(19)28(2)27-9)8-23-26-16-24-13(7-14(25-16)17(20,21)22)10-3-5-11(18)6-4-10/h3-8H,1-2H3,(H,24,25,26). The van der Waals surface area contributed by atoms with Crippen LogP contribution in [0.15, 0.2) is 35.4 Å². The Bertz CT molecular complexity index is 1030. The van der Waals surface area contributed by atoms with Crippen LogP contribution in [-0.4, -0.2) is 26.0 Å². The quantitative estimate of drug-likeness (QED) is 0.391. The molecule has 0 amide bonds. The minimum absolute atomic E-state index is 0.0282. The van der Waals surface area contributed by atoms with Gasteiger partial charge in [0, 0.05) is 17.6 Å². The number of anilines is 1. The number of hydrogen-bond acceptors (Lipinski definition) is 5. The van der Waals surface area contributed by atoms with Gasteiger partial charge in [-0.25, -0.2) is 20.1 Å². The van der Waals surface area contributed by atoms with E-state index in [4.69, 9.17) is 11.6 Å². The lowest BCUT2D eigenvalue weighted by Gasteiger charge is -2.10. The fourth-order valence-corrected chi connectivity index (χ4v) is 2.48. The van der Waals surface area contributed by atoms with E-state index < -0.39 is 23.8 Å². The van der Waals surface area contributed by atoms with E-state index in [9.17, 15) is 17.6 Å². The molecule has 0 aliphatic rings. The lowest BCUT2D eigenvalue weighted by Crippen LogP contribution is -2.11. The predicted octanol–water partition coefficient (Wildman–Crippen LogP) is 4.44. The van der Waals surface area contributed by atoms with Gasteiger partial charge in [-0.15, -0.1) is 0 Å². The third-order valence-corrected chi connectivity index (χ3v) is 3.96. The van der Waals surface area contributed by atoms with Gasteiger partial charge in [-0.1, -0.05) is 23.7 Å². The molecule has 0 aliphatic carbocycles. The molecule has 0 atom stereocenters. The summed E-state index contributed by atoms with van der Waals surface area (Å²) >= 11 is 5.81. The van der Waals surface area contributed by atoms with Gasteiger partial charge in [0.1, 0.15) is 0 Å². The summed E-state index contributed by atoms with van der Waals surface area (Å²) in [6.45, 7) is 1.57. The van der Waals surface area contributed by atoms with Crippen LogP contribution in [0, 0.1) is 12.9 Å². The van der Waals surface area contributed by atoms with Crippen molar-refractivity contribution in [2.75, 3.05) is 5.43 Å². The average molecular weight is 413 g/mol. The van der Waals surface area contributed by atoms with E-state index in [1.165, 1.54) is 31.3 Å². The summed E-state index contributed by atoms with van der Waals surface area (Å²) in [6, 6.07) is 6.96. The molecule has 3 aromatic rings. The Kier molecular flexibility index (Phi) is 5.32. The smallest absolute Gasteiger partial charge is 0.245 e. The van der Waals surface area contributed by atoms with Crippen LogP contribution in [0.4, 0.5) is 23.5 Å². The minimum Gasteiger partial charge on any atom is -0.245 e. The van der Waals surface area contributed by atoms with E-state index in [1.54, 1.807) is 6.92 Å². The van der Waals surface area contributed by atoms with E-state index in [0.717, 1.165) is 17.0 Å². The van der Waals surface area contributed by atoms with Crippen molar-refractivity contribution in [3.05, 3.63) is 58.3 Å². The first kappa shape index (κ1) is 19.7. The zero-order valence-electron chi connectivity index (χ0n) is 14.6. The van der Waals surface area contributed by atoms with E-state index in [-0.39, 0.29) is 11.3 Å². The second-order valence-electron chi connectivity index (χ2n) is 5.75. The van der Waals surface area contributed by atoms with Crippen molar-refractivity contribution in [1.29, 1.82) is 0 Å². The van der Waals surface area contributed by atoms with E-state index >= 15 is 0 Å². The van der Waals surface area contributed by atoms with Crippen LogP contribution >= 0.6 is 11.6 Å². The van der Waals surface area contributed by atoms with Crippen molar-refractivity contribution in [3.63, 3.8) is 0 Å². The molecule has 2 heterocycles. The first-order valence-corrected chi connectivity index (χ1v) is 8.23. The maximum absolute atomic E-state index is 13.9. The molecule has 0 unspecified atom stereocenters. The summed E-state index contributed by atoms with van der Waals surface area (Å²) in [5.41, 5.74) is 2.08. The third-order valence-electron chi connectivity index (χ3n) is 3.71. The monoisotopic (exact) mass is 412 g/mol. The molecule has 1 aromatic carbocycles. The Hall–Kier alpha value is -3.01. The number of nitrogens with zero attached hydrogens (tertiary/aromatic N) is 5. The van der Waals surface area contributed by atoms with Gasteiger partial charge in [-0.3, -0.25) is 0 Å². The summed E-state index contributed by atoms with van der Waals surface area (Å²) in [5, 5.41) is 8.05. The normalized spacial score (nSPS) is 12.0. The molecule has 1 N–H and O–H groups in total. The molecule has 3 rings (SSSR count). The van der Waals surface area contributed by atoms with Gasteiger partial charge >= 0.3 is 6.18 Å². The number of hydrogen-bond donors (Lipinski definition) is 1. The fraction of sp³-hybridized carbons (Fsp3) is 0.176. The van der Waals surface area contributed by atoms with Crippen molar-refractivity contribution in [3.8, 4) is 11.3 Å². The maximum Gasteiger partial charge on any atom is 0.433 e. The number of aromatic nitrogens is 4. The van der Waals surface area contributed by atoms with Crippen LogP contribution in [0.5, 0.6) is 0 Å². The molecule has 6 nitrogen and oxygen atoms in total. The number of nitrogens with one attached hydrogen (secondary N) is 1. The fourth-order valence-electron chi connectivity index (χ4n) is 2.36. The van der Waals surface area contributed by atoms with Crippen molar-refractivity contribution >= 4 is 23.8 Å². The van der Waals surface area contributed by atoms with E-state index in [1.807, 2.05) is 0 Å². The highest BCUT2D eigenvalue weighted by molar-refractivity contribution is 6.30. The molecule has 28 heavy (non-hydrogen) atoms. The molecule has 0 radical (unpaired) electrons. The molecule has 0 fully saturated rings. The number of benzene rings is 1. The molecule has 146 valence electrons. The summed E-state index contributed by atoms with van der Waals surface area (Å²) in [6.07, 6.45) is -3.58. The van der Waals surface area contributed by atoms with Crippen molar-refractivity contribution in [2.45, 2.75) is 13.1 Å².